The lowest BCUT2D eigenvalue weighted by Gasteiger charge is -2.28. The van der Waals surface area contributed by atoms with Gasteiger partial charge in [0.25, 0.3) is 0 Å². The molecule has 0 saturated heterocycles. The smallest absolute Gasteiger partial charge is 0.225 e. The highest BCUT2D eigenvalue weighted by Gasteiger charge is 2.28. The Kier molecular flexibility index (Phi) is 3.77. The molecule has 0 saturated carbocycles. The number of hydrogen-bond donors (Lipinski definition) is 1. The summed E-state index contributed by atoms with van der Waals surface area (Å²) in [6.45, 7) is 0. The first-order chi connectivity index (χ1) is 11.7. The van der Waals surface area contributed by atoms with Crippen molar-refractivity contribution in [3.63, 3.8) is 0 Å². The summed E-state index contributed by atoms with van der Waals surface area (Å²) in [6, 6.07) is 18.2. The van der Waals surface area contributed by atoms with Gasteiger partial charge in [-0.05, 0) is 34.7 Å². The number of ether oxygens (including phenoxy) is 1. The van der Waals surface area contributed by atoms with Crippen molar-refractivity contribution in [3.05, 3.63) is 70.2 Å². The Bertz CT molecular complexity index is 934. The van der Waals surface area contributed by atoms with Crippen LogP contribution in [-0.2, 0) is 4.79 Å². The maximum absolute atomic E-state index is 12.3. The Morgan fingerprint density at radius 3 is 2.50 bits per heavy atom. The molecule has 1 N–H and O–H groups in total. The molecule has 1 aliphatic heterocycles. The van der Waals surface area contributed by atoms with Crippen molar-refractivity contribution >= 4 is 38.3 Å². The van der Waals surface area contributed by atoms with Crippen LogP contribution in [0.1, 0.15) is 23.5 Å². The summed E-state index contributed by atoms with van der Waals surface area (Å²) in [5.41, 5.74) is 3.19. The second-order valence-electron chi connectivity index (χ2n) is 5.95. The van der Waals surface area contributed by atoms with E-state index in [1.807, 2.05) is 36.4 Å². The van der Waals surface area contributed by atoms with Crippen molar-refractivity contribution in [1.82, 2.24) is 0 Å². The van der Waals surface area contributed by atoms with E-state index in [1.54, 1.807) is 7.11 Å². The summed E-state index contributed by atoms with van der Waals surface area (Å²) in [4.78, 5) is 12.3. The highest BCUT2D eigenvalue weighted by molar-refractivity contribution is 9.10. The first kappa shape index (κ1) is 15.2. The molecule has 4 rings (SSSR count). The maximum Gasteiger partial charge on any atom is 0.225 e. The van der Waals surface area contributed by atoms with Crippen molar-refractivity contribution in [2.24, 2.45) is 0 Å². The zero-order chi connectivity index (χ0) is 16.7. The largest absolute Gasteiger partial charge is 0.497 e. The Hall–Kier alpha value is -2.33. The number of methoxy groups -OCH3 is 1. The lowest BCUT2D eigenvalue weighted by molar-refractivity contribution is -0.116. The second-order valence-corrected chi connectivity index (χ2v) is 6.80. The monoisotopic (exact) mass is 381 g/mol. The zero-order valence-corrected chi connectivity index (χ0v) is 14.8. The molecular formula is C20H16BrNO2. The lowest BCUT2D eigenvalue weighted by Crippen LogP contribution is -2.23. The van der Waals surface area contributed by atoms with Crippen LogP contribution in [0.5, 0.6) is 5.75 Å². The molecule has 0 aliphatic carbocycles. The fraction of sp³-hybridized carbons (Fsp3) is 0.150. The van der Waals surface area contributed by atoms with Crippen LogP contribution < -0.4 is 10.1 Å². The van der Waals surface area contributed by atoms with E-state index in [0.717, 1.165) is 37.8 Å². The fourth-order valence-corrected chi connectivity index (χ4v) is 3.98. The van der Waals surface area contributed by atoms with E-state index >= 15 is 0 Å². The molecule has 1 aliphatic rings. The van der Waals surface area contributed by atoms with E-state index < -0.39 is 0 Å². The van der Waals surface area contributed by atoms with Crippen molar-refractivity contribution in [2.75, 3.05) is 12.4 Å². The fourth-order valence-electron chi connectivity index (χ4n) is 3.39. The number of halogens is 1. The average Bonchev–Trinajstić information content (AvgIpc) is 2.62. The standard InChI is InChI=1S/C20H16BrNO2/c1-24-13-8-6-12(7-9-13)16-11-19(23)22-20-15-5-3-2-4-14(15)18(21)10-17(16)20/h2-10,16H,11H2,1H3,(H,22,23)/t16-/m0/s1. The van der Waals surface area contributed by atoms with Gasteiger partial charge in [-0.2, -0.15) is 0 Å². The number of rotatable bonds is 2. The van der Waals surface area contributed by atoms with Crippen LogP contribution in [-0.4, -0.2) is 13.0 Å². The number of benzene rings is 3. The van der Waals surface area contributed by atoms with Gasteiger partial charge >= 0.3 is 0 Å². The lowest BCUT2D eigenvalue weighted by atomic mass is 9.83. The third-order valence-corrected chi connectivity index (χ3v) is 5.23. The van der Waals surface area contributed by atoms with Crippen LogP contribution in [0.25, 0.3) is 10.8 Å². The number of anilines is 1. The summed E-state index contributed by atoms with van der Waals surface area (Å²) >= 11 is 3.68. The third-order valence-electron chi connectivity index (χ3n) is 4.57. The van der Waals surface area contributed by atoms with Crippen molar-refractivity contribution < 1.29 is 9.53 Å². The van der Waals surface area contributed by atoms with Crippen LogP contribution in [0.3, 0.4) is 0 Å². The molecule has 120 valence electrons. The molecule has 0 fully saturated rings. The Labute approximate surface area is 148 Å². The highest BCUT2D eigenvalue weighted by Crippen LogP contribution is 2.43. The van der Waals surface area contributed by atoms with Crippen LogP contribution >= 0.6 is 15.9 Å². The van der Waals surface area contributed by atoms with Crippen molar-refractivity contribution in [2.45, 2.75) is 12.3 Å². The number of nitrogens with one attached hydrogen (secondary N) is 1. The van der Waals surface area contributed by atoms with E-state index in [1.165, 1.54) is 0 Å². The molecule has 4 heteroatoms. The number of carbonyl (C=O) groups excluding carboxylic acids is 1. The van der Waals surface area contributed by atoms with Gasteiger partial charge < -0.3 is 10.1 Å². The molecule has 0 aromatic heterocycles. The number of carbonyl (C=O) groups is 1. The highest BCUT2D eigenvalue weighted by atomic mass is 79.9. The zero-order valence-electron chi connectivity index (χ0n) is 13.2. The number of fused-ring (bicyclic) bond motifs is 3. The SMILES string of the molecule is COc1ccc([C@@H]2CC(=O)Nc3c2cc(Br)c2ccccc32)cc1. The van der Waals surface area contributed by atoms with Crippen LogP contribution in [0.4, 0.5) is 5.69 Å². The molecule has 1 amide bonds. The Morgan fingerprint density at radius 1 is 1.08 bits per heavy atom. The van der Waals surface area contributed by atoms with Gasteiger partial charge in [0.05, 0.1) is 12.8 Å². The van der Waals surface area contributed by atoms with Gasteiger partial charge in [-0.1, -0.05) is 52.3 Å². The number of amides is 1. The third kappa shape index (κ3) is 2.47. The quantitative estimate of drug-likeness (QED) is 0.671. The summed E-state index contributed by atoms with van der Waals surface area (Å²) in [7, 11) is 1.65. The minimum absolute atomic E-state index is 0.0422. The first-order valence-electron chi connectivity index (χ1n) is 7.82. The van der Waals surface area contributed by atoms with Gasteiger partial charge in [-0.15, -0.1) is 0 Å². The van der Waals surface area contributed by atoms with Gasteiger partial charge in [-0.25, -0.2) is 0 Å². The second kappa shape index (κ2) is 5.95. The molecule has 0 bridgehead atoms. The normalized spacial score (nSPS) is 16.6. The van der Waals surface area contributed by atoms with Gasteiger partial charge in [0, 0.05) is 22.2 Å². The van der Waals surface area contributed by atoms with E-state index in [-0.39, 0.29) is 11.8 Å². The summed E-state index contributed by atoms with van der Waals surface area (Å²) in [5, 5.41) is 5.23. The summed E-state index contributed by atoms with van der Waals surface area (Å²) < 4.78 is 6.28. The van der Waals surface area contributed by atoms with Gasteiger partial charge in [0.15, 0.2) is 0 Å². The Balaban J connectivity index is 1.91. The van der Waals surface area contributed by atoms with Crippen molar-refractivity contribution in [1.29, 1.82) is 0 Å². The minimum atomic E-state index is 0.0422. The molecule has 0 spiro atoms. The van der Waals surface area contributed by atoms with E-state index in [4.69, 9.17) is 4.74 Å². The molecule has 0 unspecified atom stereocenters. The molecule has 24 heavy (non-hydrogen) atoms. The minimum Gasteiger partial charge on any atom is -0.497 e. The van der Waals surface area contributed by atoms with Crippen LogP contribution in [0.15, 0.2) is 59.1 Å². The molecule has 1 heterocycles. The molecule has 0 radical (unpaired) electrons. The predicted octanol–water partition coefficient (Wildman–Crippen LogP) is 5.09. The van der Waals surface area contributed by atoms with Crippen LogP contribution in [0.2, 0.25) is 0 Å². The maximum atomic E-state index is 12.3. The van der Waals surface area contributed by atoms with Gasteiger partial charge in [0.2, 0.25) is 5.91 Å². The van der Waals surface area contributed by atoms with E-state index in [9.17, 15) is 4.79 Å². The van der Waals surface area contributed by atoms with Gasteiger partial charge in [-0.3, -0.25) is 4.79 Å². The predicted molar refractivity (Wildman–Crippen MR) is 99.7 cm³/mol. The Morgan fingerprint density at radius 2 is 1.79 bits per heavy atom. The molecule has 1 atom stereocenters. The molecular weight excluding hydrogens is 366 g/mol. The van der Waals surface area contributed by atoms with E-state index in [0.29, 0.717) is 6.42 Å². The molecule has 3 aromatic carbocycles. The van der Waals surface area contributed by atoms with Crippen molar-refractivity contribution in [3.8, 4) is 5.75 Å². The van der Waals surface area contributed by atoms with E-state index in [2.05, 4.69) is 39.4 Å². The topological polar surface area (TPSA) is 38.3 Å². The molecule has 3 nitrogen and oxygen atoms in total. The van der Waals surface area contributed by atoms with Crippen LogP contribution in [0, 0.1) is 0 Å². The summed E-state index contributed by atoms with van der Waals surface area (Å²) in [5.74, 6) is 0.912. The number of hydrogen-bond acceptors (Lipinski definition) is 2. The average molecular weight is 382 g/mol. The van der Waals surface area contributed by atoms with Gasteiger partial charge in [0.1, 0.15) is 5.75 Å². The first-order valence-corrected chi connectivity index (χ1v) is 8.61. The summed E-state index contributed by atoms with van der Waals surface area (Å²) in [6.07, 6.45) is 0.449. The molecule has 3 aromatic rings.